The van der Waals surface area contributed by atoms with Crippen LogP contribution in [0.2, 0.25) is 0 Å². The van der Waals surface area contributed by atoms with E-state index in [-0.39, 0.29) is 35.2 Å². The first-order valence-electron chi connectivity index (χ1n) is 12.2. The van der Waals surface area contributed by atoms with Crippen molar-refractivity contribution >= 4 is 40.0 Å². The van der Waals surface area contributed by atoms with Crippen LogP contribution in [0.1, 0.15) is 38.4 Å². The largest absolute Gasteiger partial charge is 0.477 e. The Hall–Kier alpha value is -3.42. The summed E-state index contributed by atoms with van der Waals surface area (Å²) in [4.78, 5) is 35.4. The van der Waals surface area contributed by atoms with Gasteiger partial charge in [0.25, 0.3) is 0 Å². The van der Waals surface area contributed by atoms with Crippen molar-refractivity contribution in [2.45, 2.75) is 43.3 Å². The summed E-state index contributed by atoms with van der Waals surface area (Å²) < 4.78 is 32.8. The maximum Gasteiger partial charge on any atom is 0.239 e. The van der Waals surface area contributed by atoms with Gasteiger partial charge in [0.2, 0.25) is 21.8 Å². The summed E-state index contributed by atoms with van der Waals surface area (Å²) in [6, 6.07) is 4.99. The van der Waals surface area contributed by atoms with Crippen LogP contribution >= 0.6 is 12.4 Å². The Bertz CT molecular complexity index is 1380. The van der Waals surface area contributed by atoms with Crippen LogP contribution in [-0.2, 0) is 20.2 Å². The van der Waals surface area contributed by atoms with E-state index in [2.05, 4.69) is 40.3 Å². The van der Waals surface area contributed by atoms with Crippen LogP contribution in [0.25, 0.3) is 11.3 Å². The molecule has 5 rings (SSSR count). The van der Waals surface area contributed by atoms with E-state index < -0.39 is 15.4 Å². The Morgan fingerprint density at radius 2 is 1.87 bits per heavy atom. The van der Waals surface area contributed by atoms with Crippen LogP contribution < -0.4 is 20.1 Å². The van der Waals surface area contributed by atoms with Crippen molar-refractivity contribution in [3.8, 4) is 17.1 Å². The number of sulfonamides is 1. The molecule has 3 N–H and O–H groups in total. The van der Waals surface area contributed by atoms with Crippen molar-refractivity contribution in [1.29, 1.82) is 0 Å². The number of piperidine rings is 1. The van der Waals surface area contributed by atoms with Crippen LogP contribution in [0.3, 0.4) is 0 Å². The van der Waals surface area contributed by atoms with Gasteiger partial charge in [0.05, 0.1) is 29.9 Å². The van der Waals surface area contributed by atoms with Crippen molar-refractivity contribution in [1.82, 2.24) is 30.2 Å². The molecule has 38 heavy (non-hydrogen) atoms. The van der Waals surface area contributed by atoms with Gasteiger partial charge in [-0.1, -0.05) is 0 Å². The number of aromatic nitrogens is 5. The standard InChI is InChI=1S/C24H28N8O4S.ClH/c1-2-36-21-15-26-14-18(29-21)16-3-6-19(28-13-16)31-23(33)24(8-11-25-12-9-24)22-27-10-7-20(30-22)32-37(34,35)17-4-5-17;/h3,6-7,10,13-15,17,25H,2,4-5,8-9,11-12H2,1H3,(H,27,30,32)(H,28,31,33);1H. The molecule has 1 saturated heterocycles. The number of pyridine rings is 1. The molecule has 1 aliphatic heterocycles. The van der Waals surface area contributed by atoms with E-state index in [4.69, 9.17) is 4.74 Å². The van der Waals surface area contributed by atoms with Crippen LogP contribution in [0.15, 0.2) is 43.0 Å². The number of halogens is 1. The average Bonchev–Trinajstić information content (AvgIpc) is 3.77. The number of amides is 1. The molecule has 0 atom stereocenters. The fourth-order valence-electron chi connectivity index (χ4n) is 4.22. The summed E-state index contributed by atoms with van der Waals surface area (Å²) in [5.41, 5.74) is 0.289. The first-order valence-corrected chi connectivity index (χ1v) is 13.7. The quantitative estimate of drug-likeness (QED) is 0.354. The lowest BCUT2D eigenvalue weighted by Crippen LogP contribution is -2.49. The van der Waals surface area contributed by atoms with Crippen LogP contribution in [0, 0.1) is 0 Å². The number of hydrogen-bond donors (Lipinski definition) is 3. The Morgan fingerprint density at radius 1 is 1.08 bits per heavy atom. The number of rotatable bonds is 9. The predicted octanol–water partition coefficient (Wildman–Crippen LogP) is 2.31. The maximum atomic E-state index is 13.6. The molecule has 3 aromatic heterocycles. The molecule has 4 heterocycles. The second-order valence-corrected chi connectivity index (χ2v) is 11.0. The van der Waals surface area contributed by atoms with Gasteiger partial charge in [0.15, 0.2) is 0 Å². The Kier molecular flexibility index (Phi) is 8.38. The molecule has 12 nitrogen and oxygen atoms in total. The van der Waals surface area contributed by atoms with Gasteiger partial charge in [-0.05, 0) is 63.9 Å². The van der Waals surface area contributed by atoms with E-state index in [1.54, 1.807) is 30.7 Å². The first kappa shape index (κ1) is 27.6. The third-order valence-electron chi connectivity index (χ3n) is 6.39. The van der Waals surface area contributed by atoms with E-state index in [1.165, 1.54) is 12.3 Å². The number of hydrogen-bond acceptors (Lipinski definition) is 10. The fourth-order valence-corrected chi connectivity index (χ4v) is 5.55. The Labute approximate surface area is 226 Å². The number of nitrogens with zero attached hydrogens (tertiary/aromatic N) is 5. The van der Waals surface area contributed by atoms with Gasteiger partial charge in [-0.3, -0.25) is 14.5 Å². The van der Waals surface area contributed by atoms with E-state index in [0.29, 0.717) is 62.8 Å². The molecule has 1 aliphatic carbocycles. The average molecular weight is 561 g/mol. The van der Waals surface area contributed by atoms with Crippen LogP contribution in [-0.4, -0.2) is 64.2 Å². The maximum absolute atomic E-state index is 13.6. The zero-order valence-electron chi connectivity index (χ0n) is 20.8. The zero-order chi connectivity index (χ0) is 25.9. The van der Waals surface area contributed by atoms with E-state index in [0.717, 1.165) is 5.56 Å². The van der Waals surface area contributed by atoms with E-state index in [1.807, 2.05) is 6.92 Å². The van der Waals surface area contributed by atoms with Gasteiger partial charge >= 0.3 is 0 Å². The molecule has 3 aromatic rings. The third kappa shape index (κ3) is 6.00. The van der Waals surface area contributed by atoms with Crippen LogP contribution in [0.5, 0.6) is 5.88 Å². The second kappa shape index (κ2) is 11.5. The highest BCUT2D eigenvalue weighted by molar-refractivity contribution is 7.93. The molecule has 0 bridgehead atoms. The van der Waals surface area contributed by atoms with Crippen molar-refractivity contribution in [3.05, 3.63) is 48.8 Å². The normalized spacial score (nSPS) is 16.7. The molecule has 2 aliphatic rings. The second-order valence-electron chi connectivity index (χ2n) is 9.01. The highest BCUT2D eigenvalue weighted by atomic mass is 35.5. The Balaban J connectivity index is 0.00000336. The summed E-state index contributed by atoms with van der Waals surface area (Å²) in [7, 11) is -3.49. The SMILES string of the molecule is CCOc1cncc(-c2ccc(NC(=O)C3(c4nccc(NS(=O)(=O)C5CC5)n4)CCNCC3)nc2)n1.Cl. The number of nitrogens with one attached hydrogen (secondary N) is 3. The van der Waals surface area contributed by atoms with Crippen molar-refractivity contribution in [3.63, 3.8) is 0 Å². The van der Waals surface area contributed by atoms with Crippen molar-refractivity contribution in [2.24, 2.45) is 0 Å². The lowest BCUT2D eigenvalue weighted by atomic mass is 9.77. The number of anilines is 2. The van der Waals surface area contributed by atoms with Gasteiger partial charge in [-0.15, -0.1) is 12.4 Å². The fraction of sp³-hybridized carbons (Fsp3) is 0.417. The minimum atomic E-state index is -3.49. The molecule has 0 aromatic carbocycles. The van der Waals surface area contributed by atoms with Gasteiger partial charge in [0, 0.05) is 18.0 Å². The molecule has 2 fully saturated rings. The van der Waals surface area contributed by atoms with E-state index in [9.17, 15) is 13.2 Å². The summed E-state index contributed by atoms with van der Waals surface area (Å²) in [6.07, 6.45) is 8.43. The summed E-state index contributed by atoms with van der Waals surface area (Å²) in [5, 5.41) is 5.77. The number of ether oxygens (including phenoxy) is 1. The van der Waals surface area contributed by atoms with Crippen molar-refractivity contribution in [2.75, 3.05) is 29.7 Å². The molecule has 0 unspecified atom stereocenters. The summed E-state index contributed by atoms with van der Waals surface area (Å²) >= 11 is 0. The van der Waals surface area contributed by atoms with Gasteiger partial charge in [-0.25, -0.2) is 28.4 Å². The van der Waals surface area contributed by atoms with Crippen molar-refractivity contribution < 1.29 is 17.9 Å². The molecule has 1 saturated carbocycles. The highest BCUT2D eigenvalue weighted by Gasteiger charge is 2.44. The van der Waals surface area contributed by atoms with Gasteiger partial charge < -0.3 is 15.4 Å². The number of carbonyl (C=O) groups is 1. The molecule has 14 heteroatoms. The highest BCUT2D eigenvalue weighted by Crippen LogP contribution is 2.34. The summed E-state index contributed by atoms with van der Waals surface area (Å²) in [5.74, 6) is 0.940. The predicted molar refractivity (Wildman–Crippen MR) is 144 cm³/mol. The first-order chi connectivity index (χ1) is 17.9. The minimum absolute atomic E-state index is 0. The monoisotopic (exact) mass is 560 g/mol. The van der Waals surface area contributed by atoms with E-state index >= 15 is 0 Å². The lowest BCUT2D eigenvalue weighted by molar-refractivity contribution is -0.122. The van der Waals surface area contributed by atoms with Crippen LogP contribution in [0.4, 0.5) is 11.6 Å². The minimum Gasteiger partial charge on any atom is -0.477 e. The summed E-state index contributed by atoms with van der Waals surface area (Å²) in [6.45, 7) is 3.54. The Morgan fingerprint density at radius 3 is 2.55 bits per heavy atom. The molecule has 202 valence electrons. The molecule has 0 spiro atoms. The molecule has 1 amide bonds. The zero-order valence-corrected chi connectivity index (χ0v) is 22.4. The smallest absolute Gasteiger partial charge is 0.239 e. The van der Waals surface area contributed by atoms with Gasteiger partial charge in [-0.2, -0.15) is 0 Å². The van der Waals surface area contributed by atoms with Gasteiger partial charge in [0.1, 0.15) is 22.9 Å². The molecular weight excluding hydrogens is 532 g/mol. The molecule has 0 radical (unpaired) electrons. The molecular formula is C24H29ClN8O4S. The number of carbonyl (C=O) groups excluding carboxylic acids is 1. The third-order valence-corrected chi connectivity index (χ3v) is 8.23. The topological polar surface area (TPSA) is 161 Å². The lowest BCUT2D eigenvalue weighted by Gasteiger charge is -2.34.